The third kappa shape index (κ3) is 5.91. The van der Waals surface area contributed by atoms with Crippen molar-refractivity contribution in [1.29, 1.82) is 0 Å². The Bertz CT molecular complexity index is 577. The molecule has 0 radical (unpaired) electrons. The highest BCUT2D eigenvalue weighted by atomic mass is 79.9. The number of Topliss-reactive ketones (excluding diaryl/α,β-unsaturated/α-hetero) is 1. The summed E-state index contributed by atoms with van der Waals surface area (Å²) in [4.78, 5) is 33.8. The van der Waals surface area contributed by atoms with E-state index in [1.165, 1.54) is 12.1 Å². The van der Waals surface area contributed by atoms with Crippen LogP contribution in [0.25, 0.3) is 6.08 Å². The van der Waals surface area contributed by atoms with E-state index in [0.717, 1.165) is 6.08 Å². The van der Waals surface area contributed by atoms with Crippen molar-refractivity contribution in [2.45, 2.75) is 13.3 Å². The predicted octanol–water partition coefficient (Wildman–Crippen LogP) is 2.47. The van der Waals surface area contributed by atoms with Crippen LogP contribution < -0.4 is 0 Å². The molecule has 0 aliphatic carbocycles. The fraction of sp³-hybridized carbons (Fsp3) is 0.267. The minimum Gasteiger partial charge on any atom is -0.478 e. The van der Waals surface area contributed by atoms with Crippen LogP contribution in [0.5, 0.6) is 0 Å². The van der Waals surface area contributed by atoms with Crippen molar-refractivity contribution in [3.8, 4) is 0 Å². The van der Waals surface area contributed by atoms with Crippen molar-refractivity contribution in [3.63, 3.8) is 0 Å². The van der Waals surface area contributed by atoms with Crippen molar-refractivity contribution in [1.82, 2.24) is 0 Å². The van der Waals surface area contributed by atoms with Gasteiger partial charge in [-0.25, -0.2) is 9.59 Å². The maximum absolute atomic E-state index is 11.8. The molecule has 0 saturated heterocycles. The number of hydrogen-bond acceptors (Lipinski definition) is 4. The molecule has 6 heteroatoms. The summed E-state index contributed by atoms with van der Waals surface area (Å²) in [6.07, 6.45) is 2.50. The topological polar surface area (TPSA) is 80.7 Å². The lowest BCUT2D eigenvalue weighted by Gasteiger charge is -2.07. The van der Waals surface area contributed by atoms with Crippen LogP contribution >= 0.6 is 15.9 Å². The number of aliphatic carboxylic acids is 1. The lowest BCUT2D eigenvalue weighted by Crippen LogP contribution is -2.08. The van der Waals surface area contributed by atoms with Crippen molar-refractivity contribution in [3.05, 3.63) is 41.0 Å². The summed E-state index contributed by atoms with van der Waals surface area (Å²) in [6.45, 7) is 1.94. The lowest BCUT2D eigenvalue weighted by atomic mass is 10.0. The second-order valence-electron chi connectivity index (χ2n) is 4.20. The Morgan fingerprint density at radius 1 is 1.29 bits per heavy atom. The van der Waals surface area contributed by atoms with Crippen LogP contribution in [0.15, 0.2) is 24.3 Å². The highest BCUT2D eigenvalue weighted by Crippen LogP contribution is 2.15. The first-order chi connectivity index (χ1) is 9.96. The number of rotatable bonds is 7. The molecule has 0 saturated carbocycles. The van der Waals surface area contributed by atoms with Gasteiger partial charge in [0, 0.05) is 12.5 Å². The molecular formula is C15H15BrO5. The molecule has 0 aliphatic rings. The second-order valence-corrected chi connectivity index (χ2v) is 4.77. The van der Waals surface area contributed by atoms with E-state index < -0.39 is 11.9 Å². The molecule has 0 aliphatic heterocycles. The Morgan fingerprint density at radius 2 is 2.00 bits per heavy atom. The van der Waals surface area contributed by atoms with Crippen LogP contribution in [0.3, 0.4) is 0 Å². The number of benzene rings is 1. The second kappa shape index (κ2) is 8.36. The van der Waals surface area contributed by atoms with Gasteiger partial charge in [-0.1, -0.05) is 22.0 Å². The molecule has 0 atom stereocenters. The lowest BCUT2D eigenvalue weighted by molar-refractivity contribution is -0.131. The molecule has 0 fully saturated rings. The molecule has 1 aromatic carbocycles. The summed E-state index contributed by atoms with van der Waals surface area (Å²) >= 11 is 3.08. The van der Waals surface area contributed by atoms with Crippen molar-refractivity contribution >= 4 is 39.7 Å². The van der Waals surface area contributed by atoms with Crippen LogP contribution in [0.1, 0.15) is 28.4 Å². The van der Waals surface area contributed by atoms with E-state index in [1.54, 1.807) is 19.1 Å². The molecule has 0 heterocycles. The van der Waals surface area contributed by atoms with Gasteiger partial charge in [0.15, 0.2) is 0 Å². The zero-order valence-corrected chi connectivity index (χ0v) is 13.1. The fourth-order valence-electron chi connectivity index (χ4n) is 1.69. The number of alkyl halides is 1. The van der Waals surface area contributed by atoms with Gasteiger partial charge in [0.1, 0.15) is 5.78 Å². The minimum absolute atomic E-state index is 0.0378. The van der Waals surface area contributed by atoms with E-state index in [9.17, 15) is 14.4 Å². The van der Waals surface area contributed by atoms with E-state index in [4.69, 9.17) is 9.84 Å². The Hall–Kier alpha value is -1.95. The molecule has 0 unspecified atom stereocenters. The van der Waals surface area contributed by atoms with Gasteiger partial charge in [0.05, 0.1) is 17.5 Å². The highest BCUT2D eigenvalue weighted by molar-refractivity contribution is 9.09. The zero-order valence-electron chi connectivity index (χ0n) is 11.5. The van der Waals surface area contributed by atoms with Gasteiger partial charge >= 0.3 is 11.9 Å². The van der Waals surface area contributed by atoms with E-state index in [0.29, 0.717) is 16.7 Å². The Kier molecular flexibility index (Phi) is 6.81. The number of carbonyl (C=O) groups excluding carboxylic acids is 2. The average molecular weight is 355 g/mol. The Labute approximate surface area is 130 Å². The predicted molar refractivity (Wildman–Crippen MR) is 81.6 cm³/mol. The SMILES string of the molecule is CCOC(=O)c1cc(/C=C/C(=O)O)cc(CC(=O)CBr)c1. The summed E-state index contributed by atoms with van der Waals surface area (Å²) in [5.74, 6) is -1.63. The largest absolute Gasteiger partial charge is 0.478 e. The molecule has 21 heavy (non-hydrogen) atoms. The van der Waals surface area contributed by atoms with Crippen LogP contribution in [0.4, 0.5) is 0 Å². The molecule has 0 amide bonds. The first kappa shape index (κ1) is 17.1. The van der Waals surface area contributed by atoms with E-state index >= 15 is 0 Å². The molecule has 1 N–H and O–H groups in total. The van der Waals surface area contributed by atoms with E-state index in [-0.39, 0.29) is 24.1 Å². The normalized spacial score (nSPS) is 10.6. The summed E-state index contributed by atoms with van der Waals surface area (Å²) in [7, 11) is 0. The molecule has 0 spiro atoms. The van der Waals surface area contributed by atoms with Gasteiger partial charge in [0.25, 0.3) is 0 Å². The van der Waals surface area contributed by atoms with Gasteiger partial charge in [0.2, 0.25) is 0 Å². The summed E-state index contributed by atoms with van der Waals surface area (Å²) in [6, 6.07) is 4.78. The molecule has 1 aromatic rings. The van der Waals surface area contributed by atoms with Crippen LogP contribution in [-0.2, 0) is 20.7 Å². The average Bonchev–Trinajstić information content (AvgIpc) is 2.45. The van der Waals surface area contributed by atoms with Crippen molar-refractivity contribution in [2.75, 3.05) is 11.9 Å². The third-order valence-electron chi connectivity index (χ3n) is 2.49. The van der Waals surface area contributed by atoms with Gasteiger partial charge < -0.3 is 9.84 Å². The summed E-state index contributed by atoms with van der Waals surface area (Å²) in [5.41, 5.74) is 1.46. The monoisotopic (exact) mass is 354 g/mol. The minimum atomic E-state index is -1.09. The highest BCUT2D eigenvalue weighted by Gasteiger charge is 2.11. The summed E-state index contributed by atoms with van der Waals surface area (Å²) < 4.78 is 4.92. The number of ketones is 1. The number of carboxylic acids is 1. The van der Waals surface area contributed by atoms with Crippen molar-refractivity contribution < 1.29 is 24.2 Å². The quantitative estimate of drug-likeness (QED) is 0.462. The molecule has 1 rings (SSSR count). The van der Waals surface area contributed by atoms with E-state index in [1.807, 2.05) is 0 Å². The first-order valence-electron chi connectivity index (χ1n) is 6.26. The molecular weight excluding hydrogens is 340 g/mol. The number of ether oxygens (including phenoxy) is 1. The van der Waals surface area contributed by atoms with Gasteiger partial charge in [-0.05, 0) is 36.3 Å². The van der Waals surface area contributed by atoms with Gasteiger partial charge in [-0.15, -0.1) is 0 Å². The molecule has 0 bridgehead atoms. The third-order valence-corrected chi connectivity index (χ3v) is 3.12. The summed E-state index contributed by atoms with van der Waals surface area (Å²) in [5, 5.41) is 8.87. The molecule has 112 valence electrons. The van der Waals surface area contributed by atoms with Crippen LogP contribution in [-0.4, -0.2) is 34.8 Å². The number of carbonyl (C=O) groups is 3. The van der Waals surface area contributed by atoms with Gasteiger partial charge in [-0.3, -0.25) is 4.79 Å². The number of esters is 1. The number of halogens is 1. The first-order valence-corrected chi connectivity index (χ1v) is 7.38. The van der Waals surface area contributed by atoms with E-state index in [2.05, 4.69) is 15.9 Å². The maximum atomic E-state index is 11.8. The van der Waals surface area contributed by atoms with Gasteiger partial charge in [-0.2, -0.15) is 0 Å². The zero-order chi connectivity index (χ0) is 15.8. The molecule has 0 aromatic heterocycles. The standard InChI is InChI=1S/C15H15BrO5/c1-2-21-15(20)12-6-10(3-4-14(18)19)5-11(7-12)8-13(17)9-16/h3-7H,2,8-9H2,1H3,(H,18,19)/b4-3+. The number of hydrogen-bond donors (Lipinski definition) is 1. The smallest absolute Gasteiger partial charge is 0.338 e. The fourth-order valence-corrected chi connectivity index (χ4v) is 1.89. The Morgan fingerprint density at radius 3 is 2.57 bits per heavy atom. The van der Waals surface area contributed by atoms with Crippen molar-refractivity contribution in [2.24, 2.45) is 0 Å². The van der Waals surface area contributed by atoms with Crippen LogP contribution in [0, 0.1) is 0 Å². The van der Waals surface area contributed by atoms with Crippen LogP contribution in [0.2, 0.25) is 0 Å². The maximum Gasteiger partial charge on any atom is 0.338 e. The molecule has 5 nitrogen and oxygen atoms in total. The number of carboxylic acid groups (broad SMARTS) is 1. The Balaban J connectivity index is 3.15.